The summed E-state index contributed by atoms with van der Waals surface area (Å²) < 4.78 is 5.86. The van der Waals surface area contributed by atoms with Crippen molar-refractivity contribution in [2.75, 3.05) is 0 Å². The van der Waals surface area contributed by atoms with Crippen molar-refractivity contribution in [1.29, 1.82) is 0 Å². The van der Waals surface area contributed by atoms with Gasteiger partial charge < -0.3 is 16.2 Å². The van der Waals surface area contributed by atoms with E-state index in [0.29, 0.717) is 33.4 Å². The SMILES string of the molecule is NC=C1CCc2c(C(N)=O)sc(Oc3cccnc3)c2C1=S. The number of hydrogen-bond donors (Lipinski definition) is 2. The number of allylic oxidation sites excluding steroid dienone is 1. The minimum atomic E-state index is -0.467. The number of carbonyl (C=O) groups is 1. The van der Waals surface area contributed by atoms with Crippen LogP contribution < -0.4 is 16.2 Å². The first-order chi connectivity index (χ1) is 10.6. The van der Waals surface area contributed by atoms with Crippen LogP contribution >= 0.6 is 23.6 Å². The fourth-order valence-electron chi connectivity index (χ4n) is 2.39. The fourth-order valence-corrected chi connectivity index (χ4v) is 3.92. The summed E-state index contributed by atoms with van der Waals surface area (Å²) in [5, 5.41) is 0.556. The van der Waals surface area contributed by atoms with E-state index < -0.39 is 5.91 Å². The number of amides is 1. The number of carbonyl (C=O) groups excluding carboxylic acids is 1. The molecule has 1 aliphatic carbocycles. The Morgan fingerprint density at radius 1 is 1.45 bits per heavy atom. The van der Waals surface area contributed by atoms with E-state index >= 15 is 0 Å². The molecule has 0 atom stereocenters. The van der Waals surface area contributed by atoms with E-state index in [2.05, 4.69) is 4.98 Å². The smallest absolute Gasteiger partial charge is 0.259 e. The van der Waals surface area contributed by atoms with Crippen molar-refractivity contribution in [3.05, 3.63) is 52.3 Å². The van der Waals surface area contributed by atoms with E-state index in [4.69, 9.17) is 28.4 Å². The third kappa shape index (κ3) is 2.49. The van der Waals surface area contributed by atoms with Crippen LogP contribution in [0.1, 0.15) is 27.2 Å². The summed E-state index contributed by atoms with van der Waals surface area (Å²) in [6, 6.07) is 3.56. The topological polar surface area (TPSA) is 91.2 Å². The average Bonchev–Trinajstić information content (AvgIpc) is 2.88. The first-order valence-electron chi connectivity index (χ1n) is 6.60. The number of hydrogen-bond acceptors (Lipinski definition) is 6. The van der Waals surface area contributed by atoms with Gasteiger partial charge in [0.2, 0.25) is 0 Å². The number of thiophene rings is 1. The van der Waals surface area contributed by atoms with Crippen molar-refractivity contribution < 1.29 is 9.53 Å². The van der Waals surface area contributed by atoms with Crippen molar-refractivity contribution in [2.24, 2.45) is 11.5 Å². The van der Waals surface area contributed by atoms with Crippen LogP contribution in [0, 0.1) is 0 Å². The highest BCUT2D eigenvalue weighted by Crippen LogP contribution is 2.43. The molecule has 0 bridgehead atoms. The molecule has 0 radical (unpaired) electrons. The summed E-state index contributed by atoms with van der Waals surface area (Å²) in [6.07, 6.45) is 6.14. The van der Waals surface area contributed by atoms with Gasteiger partial charge in [-0.05, 0) is 42.3 Å². The molecule has 4 N–H and O–H groups in total. The zero-order valence-electron chi connectivity index (χ0n) is 11.5. The zero-order chi connectivity index (χ0) is 15.7. The van der Waals surface area contributed by atoms with Gasteiger partial charge in [-0.15, -0.1) is 0 Å². The van der Waals surface area contributed by atoms with Crippen LogP contribution in [0.3, 0.4) is 0 Å². The summed E-state index contributed by atoms with van der Waals surface area (Å²) in [4.78, 5) is 16.8. The molecule has 2 aromatic rings. The minimum Gasteiger partial charge on any atom is -0.444 e. The number of nitrogens with zero attached hydrogens (tertiary/aromatic N) is 1. The van der Waals surface area contributed by atoms with Crippen LogP contribution in [0.4, 0.5) is 0 Å². The molecular weight excluding hydrogens is 318 g/mol. The van der Waals surface area contributed by atoms with Crippen LogP contribution in [0.15, 0.2) is 36.3 Å². The number of nitrogens with two attached hydrogens (primary N) is 2. The molecule has 0 spiro atoms. The Labute approximate surface area is 136 Å². The minimum absolute atomic E-state index is 0.467. The van der Waals surface area contributed by atoms with Gasteiger partial charge in [0.15, 0.2) is 5.06 Å². The predicted octanol–water partition coefficient (Wildman–Crippen LogP) is 2.54. The average molecular weight is 331 g/mol. The van der Waals surface area contributed by atoms with Crippen molar-refractivity contribution in [1.82, 2.24) is 4.98 Å². The van der Waals surface area contributed by atoms with Crippen LogP contribution in [-0.2, 0) is 6.42 Å². The Bertz CT molecular complexity index is 782. The van der Waals surface area contributed by atoms with Crippen LogP contribution in [0.2, 0.25) is 0 Å². The van der Waals surface area contributed by atoms with E-state index in [0.717, 1.165) is 16.7 Å². The molecule has 0 saturated carbocycles. The lowest BCUT2D eigenvalue weighted by Gasteiger charge is -2.18. The Morgan fingerprint density at radius 2 is 2.27 bits per heavy atom. The summed E-state index contributed by atoms with van der Waals surface area (Å²) >= 11 is 6.71. The van der Waals surface area contributed by atoms with Gasteiger partial charge in [-0.1, -0.05) is 23.6 Å². The third-order valence-electron chi connectivity index (χ3n) is 3.41. The first-order valence-corrected chi connectivity index (χ1v) is 7.83. The summed E-state index contributed by atoms with van der Waals surface area (Å²) in [6.45, 7) is 0. The molecule has 0 aliphatic heterocycles. The molecule has 0 aromatic carbocycles. The monoisotopic (exact) mass is 331 g/mol. The van der Waals surface area contributed by atoms with Crippen LogP contribution in [0.25, 0.3) is 0 Å². The normalized spacial score (nSPS) is 15.6. The van der Waals surface area contributed by atoms with Crippen LogP contribution in [0.5, 0.6) is 10.8 Å². The number of aromatic nitrogens is 1. The lowest BCUT2D eigenvalue weighted by atomic mass is 9.89. The second kappa shape index (κ2) is 5.86. The molecule has 3 rings (SSSR count). The zero-order valence-corrected chi connectivity index (χ0v) is 13.2. The molecule has 1 aliphatic rings. The molecule has 0 saturated heterocycles. The second-order valence-corrected chi connectivity index (χ2v) is 6.14. The number of fused-ring (bicyclic) bond motifs is 1. The maximum atomic E-state index is 11.7. The lowest BCUT2D eigenvalue weighted by molar-refractivity contribution is 0.100. The molecule has 2 heterocycles. The molecule has 7 heteroatoms. The van der Waals surface area contributed by atoms with Crippen molar-refractivity contribution in [3.63, 3.8) is 0 Å². The number of primary amides is 1. The van der Waals surface area contributed by atoms with Gasteiger partial charge >= 0.3 is 0 Å². The van der Waals surface area contributed by atoms with E-state index in [1.165, 1.54) is 17.5 Å². The third-order valence-corrected chi connectivity index (χ3v) is 5.00. The van der Waals surface area contributed by atoms with E-state index in [1.54, 1.807) is 24.5 Å². The number of pyridine rings is 1. The van der Waals surface area contributed by atoms with Gasteiger partial charge in [-0.2, -0.15) is 0 Å². The van der Waals surface area contributed by atoms with Gasteiger partial charge in [0, 0.05) is 6.20 Å². The highest BCUT2D eigenvalue weighted by atomic mass is 32.1. The van der Waals surface area contributed by atoms with E-state index in [-0.39, 0.29) is 0 Å². The Balaban J connectivity index is 2.11. The van der Waals surface area contributed by atoms with Crippen molar-refractivity contribution >= 4 is 34.3 Å². The van der Waals surface area contributed by atoms with Crippen molar-refractivity contribution in [2.45, 2.75) is 12.8 Å². The molecule has 2 aromatic heterocycles. The largest absolute Gasteiger partial charge is 0.444 e. The van der Waals surface area contributed by atoms with Gasteiger partial charge in [0.05, 0.1) is 21.5 Å². The van der Waals surface area contributed by atoms with Gasteiger partial charge in [0.25, 0.3) is 5.91 Å². The Morgan fingerprint density at radius 3 is 2.91 bits per heavy atom. The molecule has 112 valence electrons. The van der Waals surface area contributed by atoms with Crippen LogP contribution in [-0.4, -0.2) is 15.8 Å². The fraction of sp³-hybridized carbons (Fsp3) is 0.133. The molecular formula is C15H13N3O2S2. The maximum Gasteiger partial charge on any atom is 0.259 e. The van der Waals surface area contributed by atoms with Crippen molar-refractivity contribution in [3.8, 4) is 10.8 Å². The maximum absolute atomic E-state index is 11.7. The number of rotatable bonds is 3. The predicted molar refractivity (Wildman–Crippen MR) is 89.4 cm³/mol. The van der Waals surface area contributed by atoms with Gasteiger partial charge in [0.1, 0.15) is 5.75 Å². The Hall–Kier alpha value is -2.25. The standard InChI is InChI=1S/C15H13N3O2S2/c16-6-8-3-4-10-11(12(8)21)15(22-13(10)14(17)19)20-9-2-1-5-18-7-9/h1-2,5-7H,3-4,16H2,(H2,17,19). The second-order valence-electron chi connectivity index (χ2n) is 4.75. The van der Waals surface area contributed by atoms with Gasteiger partial charge in [-0.3, -0.25) is 9.78 Å². The highest BCUT2D eigenvalue weighted by molar-refractivity contribution is 7.81. The Kier molecular flexibility index (Phi) is 3.91. The molecule has 22 heavy (non-hydrogen) atoms. The highest BCUT2D eigenvalue weighted by Gasteiger charge is 2.30. The van der Waals surface area contributed by atoms with Gasteiger partial charge in [-0.25, -0.2) is 0 Å². The molecule has 0 unspecified atom stereocenters. The van der Waals surface area contributed by atoms with E-state index in [9.17, 15) is 4.79 Å². The summed E-state index contributed by atoms with van der Waals surface area (Å²) in [7, 11) is 0. The number of thiocarbonyl (C=S) groups is 1. The van der Waals surface area contributed by atoms with E-state index in [1.807, 2.05) is 0 Å². The number of ether oxygens (including phenoxy) is 1. The molecule has 0 fully saturated rings. The lowest BCUT2D eigenvalue weighted by Crippen LogP contribution is -2.17. The quantitative estimate of drug-likeness (QED) is 0.666. The summed E-state index contributed by atoms with van der Waals surface area (Å²) in [5.41, 5.74) is 13.6. The summed E-state index contributed by atoms with van der Waals surface area (Å²) in [5.74, 6) is 0.111. The molecule has 1 amide bonds. The first kappa shape index (κ1) is 14.7. The molecule has 5 nitrogen and oxygen atoms in total.